The summed E-state index contributed by atoms with van der Waals surface area (Å²) in [6.45, 7) is 5.30. The van der Waals surface area contributed by atoms with Gasteiger partial charge in [0.1, 0.15) is 5.54 Å². The Bertz CT molecular complexity index is 229. The van der Waals surface area contributed by atoms with Crippen molar-refractivity contribution in [2.45, 2.75) is 44.7 Å². The normalized spacial score (nSPS) is 20.3. The Labute approximate surface area is 91.6 Å². The Balaban J connectivity index is 2.24. The zero-order valence-electron chi connectivity index (χ0n) is 9.92. The zero-order chi connectivity index (χ0) is 11.5. The lowest BCUT2D eigenvalue weighted by Gasteiger charge is -2.26. The molecule has 0 amide bonds. The van der Waals surface area contributed by atoms with Gasteiger partial charge in [-0.25, -0.2) is 0 Å². The Morgan fingerprint density at radius 3 is 2.60 bits per heavy atom. The SMILES string of the molecule is CCC(C)(NCCN(C)C1CC1)C(=O)O. The van der Waals surface area contributed by atoms with Crippen molar-refractivity contribution in [3.05, 3.63) is 0 Å². The number of hydrogen-bond acceptors (Lipinski definition) is 3. The number of carboxylic acids is 1. The van der Waals surface area contributed by atoms with E-state index < -0.39 is 11.5 Å². The van der Waals surface area contributed by atoms with Gasteiger partial charge in [0.05, 0.1) is 0 Å². The van der Waals surface area contributed by atoms with Crippen LogP contribution >= 0.6 is 0 Å². The maximum Gasteiger partial charge on any atom is 0.323 e. The molecule has 0 aromatic heterocycles. The summed E-state index contributed by atoms with van der Waals surface area (Å²) >= 11 is 0. The molecule has 0 aromatic rings. The van der Waals surface area contributed by atoms with E-state index in [9.17, 15) is 4.79 Å². The minimum absolute atomic E-state index is 0.607. The van der Waals surface area contributed by atoms with Gasteiger partial charge in [-0.05, 0) is 33.2 Å². The minimum Gasteiger partial charge on any atom is -0.480 e. The van der Waals surface area contributed by atoms with Crippen LogP contribution in [0.1, 0.15) is 33.1 Å². The maximum absolute atomic E-state index is 11.0. The van der Waals surface area contributed by atoms with Crippen molar-refractivity contribution in [1.82, 2.24) is 10.2 Å². The molecule has 1 fully saturated rings. The molecular formula is C11H22N2O2. The van der Waals surface area contributed by atoms with Gasteiger partial charge in [-0.1, -0.05) is 6.92 Å². The number of aliphatic carboxylic acids is 1. The van der Waals surface area contributed by atoms with Gasteiger partial charge in [-0.2, -0.15) is 0 Å². The molecule has 2 N–H and O–H groups in total. The molecule has 0 spiro atoms. The van der Waals surface area contributed by atoms with Crippen molar-refractivity contribution in [1.29, 1.82) is 0 Å². The zero-order valence-corrected chi connectivity index (χ0v) is 9.92. The van der Waals surface area contributed by atoms with E-state index in [-0.39, 0.29) is 0 Å². The monoisotopic (exact) mass is 214 g/mol. The molecule has 0 heterocycles. The molecule has 1 saturated carbocycles. The highest BCUT2D eigenvalue weighted by Gasteiger charge is 2.31. The van der Waals surface area contributed by atoms with Crippen molar-refractivity contribution < 1.29 is 9.90 Å². The smallest absolute Gasteiger partial charge is 0.323 e. The molecule has 1 unspecified atom stereocenters. The van der Waals surface area contributed by atoms with Crippen LogP contribution in [0.25, 0.3) is 0 Å². The highest BCUT2D eigenvalue weighted by Crippen LogP contribution is 2.24. The first kappa shape index (κ1) is 12.5. The van der Waals surface area contributed by atoms with Gasteiger partial charge in [-0.3, -0.25) is 4.79 Å². The fourth-order valence-corrected chi connectivity index (χ4v) is 1.56. The summed E-state index contributed by atoms with van der Waals surface area (Å²) < 4.78 is 0. The van der Waals surface area contributed by atoms with E-state index in [1.165, 1.54) is 12.8 Å². The van der Waals surface area contributed by atoms with Crippen LogP contribution in [0.2, 0.25) is 0 Å². The lowest BCUT2D eigenvalue weighted by Crippen LogP contribution is -2.51. The summed E-state index contributed by atoms with van der Waals surface area (Å²) in [6.07, 6.45) is 3.19. The number of carboxylic acid groups (broad SMARTS) is 1. The third-order valence-corrected chi connectivity index (χ3v) is 3.33. The van der Waals surface area contributed by atoms with E-state index in [2.05, 4.69) is 17.3 Å². The number of rotatable bonds is 7. The number of nitrogens with zero attached hydrogens (tertiary/aromatic N) is 1. The lowest BCUT2D eigenvalue weighted by molar-refractivity contribution is -0.144. The fraction of sp³-hybridized carbons (Fsp3) is 0.909. The van der Waals surface area contributed by atoms with Crippen LogP contribution < -0.4 is 5.32 Å². The van der Waals surface area contributed by atoms with Crippen LogP contribution in [0.3, 0.4) is 0 Å². The topological polar surface area (TPSA) is 52.6 Å². The number of nitrogens with one attached hydrogen (secondary N) is 1. The van der Waals surface area contributed by atoms with Gasteiger partial charge >= 0.3 is 5.97 Å². The van der Waals surface area contributed by atoms with Crippen LogP contribution in [-0.4, -0.2) is 47.7 Å². The predicted octanol–water partition coefficient (Wildman–Crippen LogP) is 0.923. The largest absolute Gasteiger partial charge is 0.480 e. The summed E-state index contributed by atoms with van der Waals surface area (Å²) in [4.78, 5) is 13.3. The minimum atomic E-state index is -0.773. The van der Waals surface area contributed by atoms with Crippen LogP contribution in [0.4, 0.5) is 0 Å². The molecule has 1 aliphatic rings. The maximum atomic E-state index is 11.0. The number of likely N-dealkylation sites (N-methyl/N-ethyl adjacent to an activating group) is 1. The van der Waals surface area contributed by atoms with Crippen LogP contribution in [0.15, 0.2) is 0 Å². The molecule has 0 aromatic carbocycles. The van der Waals surface area contributed by atoms with Crippen LogP contribution in [0.5, 0.6) is 0 Å². The van der Waals surface area contributed by atoms with Crippen LogP contribution in [0, 0.1) is 0 Å². The van der Waals surface area contributed by atoms with Crippen molar-refractivity contribution in [3.63, 3.8) is 0 Å². The summed E-state index contributed by atoms with van der Waals surface area (Å²) in [5, 5.41) is 12.2. The first-order valence-electron chi connectivity index (χ1n) is 5.68. The number of hydrogen-bond donors (Lipinski definition) is 2. The molecule has 4 nitrogen and oxygen atoms in total. The average Bonchev–Trinajstić information content (AvgIpc) is 3.00. The van der Waals surface area contributed by atoms with Gasteiger partial charge in [0.15, 0.2) is 0 Å². The summed E-state index contributed by atoms with van der Waals surface area (Å²) in [5.74, 6) is -0.765. The Hall–Kier alpha value is -0.610. The van der Waals surface area contributed by atoms with Crippen LogP contribution in [-0.2, 0) is 4.79 Å². The second kappa shape index (κ2) is 4.94. The predicted molar refractivity (Wildman–Crippen MR) is 60.0 cm³/mol. The highest BCUT2D eigenvalue weighted by atomic mass is 16.4. The molecule has 15 heavy (non-hydrogen) atoms. The van der Waals surface area contributed by atoms with Gasteiger partial charge in [-0.15, -0.1) is 0 Å². The summed E-state index contributed by atoms with van der Waals surface area (Å²) in [7, 11) is 2.10. The Morgan fingerprint density at radius 1 is 1.60 bits per heavy atom. The first-order chi connectivity index (χ1) is 6.99. The lowest BCUT2D eigenvalue weighted by atomic mass is 9.99. The first-order valence-corrected chi connectivity index (χ1v) is 5.68. The molecule has 1 aliphatic carbocycles. The molecule has 0 bridgehead atoms. The molecule has 0 radical (unpaired) electrons. The van der Waals surface area contributed by atoms with Gasteiger partial charge in [0.2, 0.25) is 0 Å². The Morgan fingerprint density at radius 2 is 2.20 bits per heavy atom. The molecule has 4 heteroatoms. The third-order valence-electron chi connectivity index (χ3n) is 3.33. The highest BCUT2D eigenvalue weighted by molar-refractivity contribution is 5.78. The molecule has 1 rings (SSSR count). The molecule has 0 aliphatic heterocycles. The molecule has 0 saturated heterocycles. The van der Waals surface area contributed by atoms with E-state index in [0.717, 1.165) is 19.1 Å². The van der Waals surface area contributed by atoms with E-state index in [4.69, 9.17) is 5.11 Å². The second-order valence-corrected chi connectivity index (χ2v) is 4.63. The number of carbonyl (C=O) groups is 1. The fourth-order valence-electron chi connectivity index (χ4n) is 1.56. The average molecular weight is 214 g/mol. The Kier molecular flexibility index (Phi) is 4.11. The van der Waals surface area contributed by atoms with Gasteiger partial charge in [0.25, 0.3) is 0 Å². The quantitative estimate of drug-likeness (QED) is 0.662. The third kappa shape index (κ3) is 3.47. The standard InChI is InChI=1S/C11H22N2O2/c1-4-11(2,10(14)15)12-7-8-13(3)9-5-6-9/h9,12H,4-8H2,1-3H3,(H,14,15). The molecule has 88 valence electrons. The van der Waals surface area contributed by atoms with Gasteiger partial charge in [0, 0.05) is 19.1 Å². The van der Waals surface area contributed by atoms with Crippen molar-refractivity contribution >= 4 is 5.97 Å². The van der Waals surface area contributed by atoms with E-state index in [1.807, 2.05) is 6.92 Å². The summed E-state index contributed by atoms with van der Waals surface area (Å²) in [5.41, 5.74) is -0.773. The van der Waals surface area contributed by atoms with E-state index in [0.29, 0.717) is 6.42 Å². The van der Waals surface area contributed by atoms with Crippen molar-refractivity contribution in [3.8, 4) is 0 Å². The second-order valence-electron chi connectivity index (χ2n) is 4.63. The molecular weight excluding hydrogens is 192 g/mol. The molecule has 1 atom stereocenters. The van der Waals surface area contributed by atoms with E-state index >= 15 is 0 Å². The summed E-state index contributed by atoms with van der Waals surface area (Å²) in [6, 6.07) is 0.740. The van der Waals surface area contributed by atoms with E-state index in [1.54, 1.807) is 6.92 Å². The van der Waals surface area contributed by atoms with Gasteiger partial charge < -0.3 is 15.3 Å². The van der Waals surface area contributed by atoms with Crippen molar-refractivity contribution in [2.24, 2.45) is 0 Å². The van der Waals surface area contributed by atoms with Crippen molar-refractivity contribution in [2.75, 3.05) is 20.1 Å².